The Morgan fingerprint density at radius 1 is 1.41 bits per heavy atom. The molecule has 1 aromatic carbocycles. The summed E-state index contributed by atoms with van der Waals surface area (Å²) in [6, 6.07) is 4.78. The zero-order valence-corrected chi connectivity index (χ0v) is 10.8. The molecule has 4 heteroatoms. The molecule has 1 N–H and O–H groups in total. The lowest BCUT2D eigenvalue weighted by Crippen LogP contribution is -2.32. The van der Waals surface area contributed by atoms with Crippen molar-refractivity contribution in [1.29, 1.82) is 0 Å². The minimum Gasteiger partial charge on any atom is -0.385 e. The van der Waals surface area contributed by atoms with E-state index in [1.807, 2.05) is 0 Å². The molecule has 0 unspecified atom stereocenters. The van der Waals surface area contributed by atoms with Gasteiger partial charge in [0.1, 0.15) is 5.82 Å². The van der Waals surface area contributed by atoms with Crippen LogP contribution in [0.1, 0.15) is 12.8 Å². The average Bonchev–Trinajstić information content (AvgIpc) is 2.33. The average molecular weight is 257 g/mol. The first-order valence-electron chi connectivity index (χ1n) is 6.02. The van der Waals surface area contributed by atoms with Crippen molar-refractivity contribution in [3.8, 4) is 0 Å². The van der Waals surface area contributed by atoms with E-state index in [0.29, 0.717) is 5.92 Å². The van der Waals surface area contributed by atoms with Crippen LogP contribution in [0.2, 0.25) is 5.02 Å². The van der Waals surface area contributed by atoms with Gasteiger partial charge in [-0.05, 0) is 57.1 Å². The van der Waals surface area contributed by atoms with Crippen LogP contribution in [0.4, 0.5) is 10.1 Å². The number of hydrogen-bond acceptors (Lipinski definition) is 2. The molecule has 17 heavy (non-hydrogen) atoms. The molecule has 0 saturated carbocycles. The predicted molar refractivity (Wildman–Crippen MR) is 70.1 cm³/mol. The van der Waals surface area contributed by atoms with Gasteiger partial charge in [0.15, 0.2) is 0 Å². The van der Waals surface area contributed by atoms with Gasteiger partial charge >= 0.3 is 0 Å². The van der Waals surface area contributed by atoms with Gasteiger partial charge in [-0.1, -0.05) is 11.6 Å². The van der Waals surface area contributed by atoms with Gasteiger partial charge in [0.05, 0.1) is 5.02 Å². The van der Waals surface area contributed by atoms with Crippen LogP contribution in [0.25, 0.3) is 0 Å². The molecule has 0 radical (unpaired) electrons. The minimum absolute atomic E-state index is 0.179. The summed E-state index contributed by atoms with van der Waals surface area (Å²) in [5, 5.41) is 3.51. The highest BCUT2D eigenvalue weighted by atomic mass is 35.5. The number of nitrogens with zero attached hydrogens (tertiary/aromatic N) is 1. The fourth-order valence-electron chi connectivity index (χ4n) is 2.13. The Hall–Kier alpha value is -0.800. The summed E-state index contributed by atoms with van der Waals surface area (Å²) >= 11 is 5.73. The summed E-state index contributed by atoms with van der Waals surface area (Å²) in [5.74, 6) is 0.339. The molecule has 0 aliphatic carbocycles. The zero-order valence-electron chi connectivity index (χ0n) is 10.0. The fourth-order valence-corrected chi connectivity index (χ4v) is 2.32. The lowest BCUT2D eigenvalue weighted by molar-refractivity contribution is 0.226. The highest BCUT2D eigenvalue weighted by molar-refractivity contribution is 6.31. The zero-order chi connectivity index (χ0) is 12.3. The number of anilines is 1. The minimum atomic E-state index is -0.364. The molecular formula is C13H18ClFN2. The second-order valence-corrected chi connectivity index (χ2v) is 5.16. The number of piperidine rings is 1. The molecule has 0 bridgehead atoms. The van der Waals surface area contributed by atoms with Gasteiger partial charge in [-0.25, -0.2) is 4.39 Å². The van der Waals surface area contributed by atoms with Gasteiger partial charge in [0.25, 0.3) is 0 Å². The van der Waals surface area contributed by atoms with Crippen molar-refractivity contribution in [2.45, 2.75) is 12.8 Å². The van der Waals surface area contributed by atoms with E-state index in [1.165, 1.54) is 18.9 Å². The first-order chi connectivity index (χ1) is 8.15. The van der Waals surface area contributed by atoms with Crippen molar-refractivity contribution in [1.82, 2.24) is 4.90 Å². The molecule has 1 aromatic rings. The number of nitrogens with one attached hydrogen (secondary N) is 1. The molecule has 1 saturated heterocycles. The Morgan fingerprint density at radius 2 is 2.12 bits per heavy atom. The third kappa shape index (κ3) is 3.58. The summed E-state index contributed by atoms with van der Waals surface area (Å²) in [6.45, 7) is 3.27. The van der Waals surface area contributed by atoms with Crippen LogP contribution in [-0.4, -0.2) is 31.6 Å². The van der Waals surface area contributed by atoms with Gasteiger partial charge in [-0.3, -0.25) is 0 Å². The van der Waals surface area contributed by atoms with E-state index in [-0.39, 0.29) is 10.8 Å². The maximum absolute atomic E-state index is 13.0. The SMILES string of the molecule is CN1CCC(CNc2ccc(F)c(Cl)c2)CC1. The molecular weight excluding hydrogens is 239 g/mol. The summed E-state index contributed by atoms with van der Waals surface area (Å²) in [4.78, 5) is 2.35. The van der Waals surface area contributed by atoms with Crippen molar-refractivity contribution in [3.05, 3.63) is 29.0 Å². The normalized spacial score (nSPS) is 18.3. The van der Waals surface area contributed by atoms with E-state index in [9.17, 15) is 4.39 Å². The van der Waals surface area contributed by atoms with Crippen LogP contribution in [0.15, 0.2) is 18.2 Å². The molecule has 1 fully saturated rings. The van der Waals surface area contributed by atoms with Crippen LogP contribution >= 0.6 is 11.6 Å². The third-order valence-corrected chi connectivity index (χ3v) is 3.64. The van der Waals surface area contributed by atoms with Crippen LogP contribution in [0.3, 0.4) is 0 Å². The topological polar surface area (TPSA) is 15.3 Å². The number of rotatable bonds is 3. The lowest BCUT2D eigenvalue weighted by atomic mass is 9.97. The van der Waals surface area contributed by atoms with Crippen molar-refractivity contribution in [2.24, 2.45) is 5.92 Å². The van der Waals surface area contributed by atoms with Crippen LogP contribution < -0.4 is 5.32 Å². The van der Waals surface area contributed by atoms with Gasteiger partial charge < -0.3 is 10.2 Å². The number of halogens is 2. The standard InChI is InChI=1S/C13H18ClFN2/c1-17-6-4-10(5-7-17)9-16-11-2-3-13(15)12(14)8-11/h2-3,8,10,16H,4-7,9H2,1H3. The van der Waals surface area contributed by atoms with Gasteiger partial charge in [-0.2, -0.15) is 0 Å². The highest BCUT2D eigenvalue weighted by Crippen LogP contribution is 2.21. The maximum Gasteiger partial charge on any atom is 0.141 e. The van der Waals surface area contributed by atoms with Crippen molar-refractivity contribution < 1.29 is 4.39 Å². The lowest BCUT2D eigenvalue weighted by Gasteiger charge is -2.29. The Bertz CT molecular complexity index is 376. The molecule has 1 aliphatic heterocycles. The predicted octanol–water partition coefficient (Wildman–Crippen LogP) is 3.23. The van der Waals surface area contributed by atoms with E-state index in [0.717, 1.165) is 25.3 Å². The van der Waals surface area contributed by atoms with E-state index in [1.54, 1.807) is 12.1 Å². The largest absolute Gasteiger partial charge is 0.385 e. The van der Waals surface area contributed by atoms with Crippen LogP contribution in [0.5, 0.6) is 0 Å². The second-order valence-electron chi connectivity index (χ2n) is 4.76. The third-order valence-electron chi connectivity index (χ3n) is 3.35. The first kappa shape index (κ1) is 12.7. The molecule has 1 aliphatic rings. The van der Waals surface area contributed by atoms with Gasteiger partial charge in [-0.15, -0.1) is 0 Å². The second kappa shape index (κ2) is 5.69. The smallest absolute Gasteiger partial charge is 0.141 e. The molecule has 1 heterocycles. The quantitative estimate of drug-likeness (QED) is 0.893. The highest BCUT2D eigenvalue weighted by Gasteiger charge is 2.16. The number of hydrogen-bond donors (Lipinski definition) is 1. The van der Waals surface area contributed by atoms with Crippen LogP contribution in [-0.2, 0) is 0 Å². The Balaban J connectivity index is 1.83. The van der Waals surface area contributed by atoms with E-state index in [4.69, 9.17) is 11.6 Å². The Morgan fingerprint density at radius 3 is 2.76 bits per heavy atom. The molecule has 2 nitrogen and oxygen atoms in total. The van der Waals surface area contributed by atoms with Gasteiger partial charge in [0, 0.05) is 12.2 Å². The van der Waals surface area contributed by atoms with Gasteiger partial charge in [0.2, 0.25) is 0 Å². The molecule has 0 spiro atoms. The van der Waals surface area contributed by atoms with Crippen molar-refractivity contribution >= 4 is 17.3 Å². The van der Waals surface area contributed by atoms with Crippen LogP contribution in [0, 0.1) is 11.7 Å². The monoisotopic (exact) mass is 256 g/mol. The summed E-state index contributed by atoms with van der Waals surface area (Å²) in [6.07, 6.45) is 2.44. The fraction of sp³-hybridized carbons (Fsp3) is 0.538. The Labute approximate surface area is 107 Å². The van der Waals surface area contributed by atoms with Crippen molar-refractivity contribution in [3.63, 3.8) is 0 Å². The summed E-state index contributed by atoms with van der Waals surface area (Å²) in [5.41, 5.74) is 0.898. The summed E-state index contributed by atoms with van der Waals surface area (Å²) < 4.78 is 13.0. The molecule has 0 aromatic heterocycles. The molecule has 0 atom stereocenters. The maximum atomic E-state index is 13.0. The van der Waals surface area contributed by atoms with Crippen molar-refractivity contribution in [2.75, 3.05) is 32.0 Å². The molecule has 0 amide bonds. The Kier molecular flexibility index (Phi) is 4.24. The summed E-state index contributed by atoms with van der Waals surface area (Å²) in [7, 11) is 2.16. The number of benzene rings is 1. The number of likely N-dealkylation sites (tertiary alicyclic amines) is 1. The molecule has 2 rings (SSSR count). The van der Waals surface area contributed by atoms with E-state index < -0.39 is 0 Å². The van der Waals surface area contributed by atoms with E-state index >= 15 is 0 Å². The molecule has 94 valence electrons. The first-order valence-corrected chi connectivity index (χ1v) is 6.40. The van der Waals surface area contributed by atoms with E-state index in [2.05, 4.69) is 17.3 Å².